The van der Waals surface area contributed by atoms with Crippen molar-refractivity contribution in [3.63, 3.8) is 0 Å². The summed E-state index contributed by atoms with van der Waals surface area (Å²) in [6, 6.07) is 0. The van der Waals surface area contributed by atoms with Crippen molar-refractivity contribution in [1.82, 2.24) is 14.7 Å². The van der Waals surface area contributed by atoms with Crippen LogP contribution in [0.3, 0.4) is 0 Å². The van der Waals surface area contributed by atoms with Gasteiger partial charge in [-0.1, -0.05) is 0 Å². The van der Waals surface area contributed by atoms with E-state index in [1.165, 1.54) is 11.5 Å². The maximum atomic E-state index is 11.7. The molecule has 0 aliphatic rings. The van der Waals surface area contributed by atoms with Crippen molar-refractivity contribution in [3.05, 3.63) is 21.6 Å². The van der Waals surface area contributed by atoms with E-state index in [4.69, 9.17) is 5.73 Å². The number of rotatable bonds is 5. The number of hydrogen-bond acceptors (Lipinski definition) is 7. The highest BCUT2D eigenvalue weighted by atomic mass is 32.1. The van der Waals surface area contributed by atoms with Gasteiger partial charge in [0.25, 0.3) is 5.91 Å². The molecule has 0 aliphatic heterocycles. The first-order chi connectivity index (χ1) is 9.11. The van der Waals surface area contributed by atoms with Crippen LogP contribution in [0.5, 0.6) is 0 Å². The first-order valence-electron chi connectivity index (χ1n) is 5.74. The third kappa shape index (κ3) is 3.21. The van der Waals surface area contributed by atoms with Crippen molar-refractivity contribution >= 4 is 39.6 Å². The predicted molar refractivity (Wildman–Crippen MR) is 79.0 cm³/mol. The van der Waals surface area contributed by atoms with Gasteiger partial charge in [0, 0.05) is 31.1 Å². The molecular formula is C11H15N5OS2. The molecule has 8 heteroatoms. The minimum Gasteiger partial charge on any atom is -0.382 e. The number of hydrogen-bond donors (Lipinski definition) is 3. The molecular weight excluding hydrogens is 282 g/mol. The summed E-state index contributed by atoms with van der Waals surface area (Å²) >= 11 is 2.83. The number of amides is 1. The molecule has 0 aliphatic carbocycles. The van der Waals surface area contributed by atoms with Crippen LogP contribution >= 0.6 is 22.9 Å². The molecule has 1 amide bonds. The van der Waals surface area contributed by atoms with E-state index in [2.05, 4.69) is 20.0 Å². The highest BCUT2D eigenvalue weighted by Gasteiger charge is 2.17. The normalized spacial score (nSPS) is 10.4. The lowest BCUT2D eigenvalue weighted by atomic mass is 10.3. The Bertz CT molecular complexity index is 577. The summed E-state index contributed by atoms with van der Waals surface area (Å²) < 4.78 is 4.00. The van der Waals surface area contributed by atoms with Crippen molar-refractivity contribution in [3.8, 4) is 0 Å². The second-order valence-corrected chi connectivity index (χ2v) is 5.63. The molecule has 2 aromatic heterocycles. The Kier molecular flexibility index (Phi) is 4.33. The van der Waals surface area contributed by atoms with Crippen LogP contribution in [0, 0.1) is 6.92 Å². The molecule has 0 spiro atoms. The number of nitrogens with one attached hydrogen (secondary N) is 2. The highest BCUT2D eigenvalue weighted by molar-refractivity contribution is 7.11. The smallest absolute Gasteiger partial charge is 0.257 e. The highest BCUT2D eigenvalue weighted by Crippen LogP contribution is 2.26. The fourth-order valence-electron chi connectivity index (χ4n) is 1.57. The predicted octanol–water partition coefficient (Wildman–Crippen LogP) is 1.50. The van der Waals surface area contributed by atoms with Crippen molar-refractivity contribution in [2.45, 2.75) is 13.3 Å². The average molecular weight is 297 g/mol. The molecule has 2 heterocycles. The number of aromatic nitrogens is 2. The number of nitrogens with two attached hydrogens (primary N) is 1. The van der Waals surface area contributed by atoms with E-state index in [9.17, 15) is 4.79 Å². The van der Waals surface area contributed by atoms with Gasteiger partial charge in [0.1, 0.15) is 10.6 Å². The van der Waals surface area contributed by atoms with Crippen molar-refractivity contribution in [1.29, 1.82) is 0 Å². The quantitative estimate of drug-likeness (QED) is 0.778. The fourth-order valence-corrected chi connectivity index (χ4v) is 3.08. The van der Waals surface area contributed by atoms with Crippen LogP contribution in [0.4, 0.5) is 10.8 Å². The van der Waals surface area contributed by atoms with E-state index in [1.54, 1.807) is 18.4 Å². The SMILES string of the molecule is CNC(=O)c1c(N)nsc1NCCc1nc(C)cs1. The largest absolute Gasteiger partial charge is 0.382 e. The molecule has 0 aromatic carbocycles. The van der Waals surface area contributed by atoms with E-state index < -0.39 is 0 Å². The van der Waals surface area contributed by atoms with Gasteiger partial charge < -0.3 is 16.4 Å². The zero-order valence-electron chi connectivity index (χ0n) is 10.7. The Labute approximate surface area is 119 Å². The van der Waals surface area contributed by atoms with Gasteiger partial charge in [-0.3, -0.25) is 4.79 Å². The average Bonchev–Trinajstić information content (AvgIpc) is 2.96. The minimum absolute atomic E-state index is 0.223. The number of nitrogens with zero attached hydrogens (tertiary/aromatic N) is 2. The summed E-state index contributed by atoms with van der Waals surface area (Å²) in [5, 5.41) is 9.54. The van der Waals surface area contributed by atoms with E-state index in [1.807, 2.05) is 12.3 Å². The van der Waals surface area contributed by atoms with Crippen LogP contribution < -0.4 is 16.4 Å². The zero-order valence-corrected chi connectivity index (χ0v) is 12.3. The summed E-state index contributed by atoms with van der Waals surface area (Å²) in [6.45, 7) is 2.67. The van der Waals surface area contributed by atoms with Gasteiger partial charge in [0.15, 0.2) is 5.82 Å². The molecule has 0 saturated heterocycles. The van der Waals surface area contributed by atoms with E-state index >= 15 is 0 Å². The standard InChI is InChI=1S/C11H15N5OS2/c1-6-5-18-7(15-6)3-4-14-11-8(10(17)13-2)9(12)16-19-11/h5,14H,3-4H2,1-2H3,(H2,12,16)(H,13,17). The number of anilines is 2. The summed E-state index contributed by atoms with van der Waals surface area (Å²) in [6.07, 6.45) is 0.809. The van der Waals surface area contributed by atoms with Crippen LogP contribution in [0.2, 0.25) is 0 Å². The summed E-state index contributed by atoms with van der Waals surface area (Å²) in [5.74, 6) is 0.0378. The van der Waals surface area contributed by atoms with Crippen LogP contribution in [0.1, 0.15) is 21.1 Å². The number of thiazole rings is 1. The van der Waals surface area contributed by atoms with Gasteiger partial charge in [-0.25, -0.2) is 4.98 Å². The lowest BCUT2D eigenvalue weighted by Gasteiger charge is -2.05. The molecule has 2 rings (SSSR count). The molecule has 0 radical (unpaired) electrons. The molecule has 4 N–H and O–H groups in total. The topological polar surface area (TPSA) is 92.9 Å². The Morgan fingerprint density at radius 1 is 1.53 bits per heavy atom. The molecule has 19 heavy (non-hydrogen) atoms. The minimum atomic E-state index is -0.223. The maximum absolute atomic E-state index is 11.7. The lowest BCUT2D eigenvalue weighted by molar-refractivity contribution is 0.0965. The third-order valence-electron chi connectivity index (χ3n) is 2.46. The van der Waals surface area contributed by atoms with Gasteiger partial charge in [0.2, 0.25) is 0 Å². The number of aryl methyl sites for hydroxylation is 1. The van der Waals surface area contributed by atoms with E-state index in [-0.39, 0.29) is 11.7 Å². The van der Waals surface area contributed by atoms with Gasteiger partial charge in [-0.2, -0.15) is 4.37 Å². The molecule has 0 unspecified atom stereocenters. The van der Waals surface area contributed by atoms with Crippen LogP contribution in [-0.4, -0.2) is 28.9 Å². The van der Waals surface area contributed by atoms with Gasteiger partial charge in [0.05, 0.1) is 5.01 Å². The van der Waals surface area contributed by atoms with E-state index in [0.717, 1.165) is 17.1 Å². The number of carbonyl (C=O) groups excluding carboxylic acids is 1. The first kappa shape index (κ1) is 13.8. The Hall–Kier alpha value is -1.67. The number of nitrogen functional groups attached to an aromatic ring is 1. The Morgan fingerprint density at radius 2 is 2.32 bits per heavy atom. The van der Waals surface area contributed by atoms with Crippen LogP contribution in [0.25, 0.3) is 0 Å². The van der Waals surface area contributed by atoms with E-state index in [0.29, 0.717) is 17.1 Å². The molecule has 102 valence electrons. The molecule has 0 bridgehead atoms. The molecule has 0 saturated carbocycles. The second kappa shape index (κ2) is 5.98. The Morgan fingerprint density at radius 3 is 2.95 bits per heavy atom. The van der Waals surface area contributed by atoms with Gasteiger partial charge in [-0.15, -0.1) is 11.3 Å². The summed E-state index contributed by atoms with van der Waals surface area (Å²) in [4.78, 5) is 16.1. The first-order valence-corrected chi connectivity index (χ1v) is 7.39. The third-order valence-corrected chi connectivity index (χ3v) is 4.31. The van der Waals surface area contributed by atoms with Crippen molar-refractivity contribution in [2.24, 2.45) is 0 Å². The monoisotopic (exact) mass is 297 g/mol. The second-order valence-electron chi connectivity index (χ2n) is 3.91. The molecule has 0 fully saturated rings. The molecule has 2 aromatic rings. The summed E-state index contributed by atoms with van der Waals surface area (Å²) in [5.41, 5.74) is 7.15. The Balaban J connectivity index is 1.98. The maximum Gasteiger partial charge on any atom is 0.257 e. The molecule has 6 nitrogen and oxygen atoms in total. The van der Waals surface area contributed by atoms with Gasteiger partial charge in [-0.05, 0) is 18.5 Å². The molecule has 0 atom stereocenters. The van der Waals surface area contributed by atoms with Crippen molar-refractivity contribution < 1.29 is 4.79 Å². The number of carbonyl (C=O) groups is 1. The summed E-state index contributed by atoms with van der Waals surface area (Å²) in [7, 11) is 1.57. The fraction of sp³-hybridized carbons (Fsp3) is 0.364. The van der Waals surface area contributed by atoms with Gasteiger partial charge >= 0.3 is 0 Å². The lowest BCUT2D eigenvalue weighted by Crippen LogP contribution is -2.20. The van der Waals surface area contributed by atoms with Crippen molar-refractivity contribution in [2.75, 3.05) is 24.6 Å². The van der Waals surface area contributed by atoms with Crippen LogP contribution in [-0.2, 0) is 6.42 Å². The zero-order chi connectivity index (χ0) is 13.8. The van der Waals surface area contributed by atoms with Crippen LogP contribution in [0.15, 0.2) is 5.38 Å².